The quantitative estimate of drug-likeness (QED) is 0.341. The average Bonchev–Trinajstić information content (AvgIpc) is 2.73. The third kappa shape index (κ3) is 8.35. The highest BCUT2D eigenvalue weighted by atomic mass is 35.5. The molecular formula is C22H24Cl4N2O2. The molecule has 0 saturated heterocycles. The maximum atomic E-state index is 12.0. The van der Waals surface area contributed by atoms with Crippen molar-refractivity contribution < 1.29 is 9.59 Å². The number of hydrogen-bond acceptors (Lipinski definition) is 2. The Morgan fingerprint density at radius 3 is 1.30 bits per heavy atom. The normalized spacial score (nSPS) is 10.7. The smallest absolute Gasteiger partial charge is 0.251 e. The Morgan fingerprint density at radius 2 is 0.933 bits per heavy atom. The lowest BCUT2D eigenvalue weighted by Crippen LogP contribution is -2.24. The fraction of sp³-hybridized carbons (Fsp3) is 0.364. The second-order valence-electron chi connectivity index (χ2n) is 6.89. The number of rotatable bonds is 11. The number of benzene rings is 2. The average molecular weight is 490 g/mol. The van der Waals surface area contributed by atoms with E-state index in [2.05, 4.69) is 10.6 Å². The number of nitrogens with one attached hydrogen (secondary N) is 2. The molecule has 0 bridgehead atoms. The van der Waals surface area contributed by atoms with Gasteiger partial charge in [-0.1, -0.05) is 72.1 Å². The van der Waals surface area contributed by atoms with Crippen molar-refractivity contribution in [3.05, 3.63) is 67.6 Å². The highest BCUT2D eigenvalue weighted by Gasteiger charge is 2.08. The van der Waals surface area contributed by atoms with Crippen LogP contribution in [0.5, 0.6) is 0 Å². The van der Waals surface area contributed by atoms with Crippen LogP contribution in [0.1, 0.15) is 59.2 Å². The summed E-state index contributed by atoms with van der Waals surface area (Å²) in [5.41, 5.74) is 1.01. The zero-order chi connectivity index (χ0) is 21.9. The van der Waals surface area contributed by atoms with Gasteiger partial charge in [0.15, 0.2) is 0 Å². The molecule has 0 atom stereocenters. The van der Waals surface area contributed by atoms with Crippen LogP contribution in [0.4, 0.5) is 0 Å². The lowest BCUT2D eigenvalue weighted by Gasteiger charge is -2.07. The molecule has 2 aromatic carbocycles. The Balaban J connectivity index is 1.49. The number of hydrogen-bond donors (Lipinski definition) is 2. The predicted molar refractivity (Wildman–Crippen MR) is 125 cm³/mol. The minimum atomic E-state index is -0.147. The van der Waals surface area contributed by atoms with Crippen LogP contribution >= 0.6 is 46.4 Å². The van der Waals surface area contributed by atoms with Crippen LogP contribution in [0.2, 0.25) is 20.1 Å². The number of amides is 2. The summed E-state index contributed by atoms with van der Waals surface area (Å²) in [6, 6.07) is 9.68. The Kier molecular flexibility index (Phi) is 10.8. The van der Waals surface area contributed by atoms with Gasteiger partial charge in [0.2, 0.25) is 0 Å². The van der Waals surface area contributed by atoms with E-state index in [0.29, 0.717) is 44.3 Å². The Hall–Kier alpha value is -1.46. The summed E-state index contributed by atoms with van der Waals surface area (Å²) in [4.78, 5) is 24.1. The van der Waals surface area contributed by atoms with E-state index >= 15 is 0 Å². The van der Waals surface area contributed by atoms with Crippen molar-refractivity contribution in [3.8, 4) is 0 Å². The molecule has 8 heteroatoms. The highest BCUT2D eigenvalue weighted by molar-refractivity contribution is 6.42. The maximum Gasteiger partial charge on any atom is 0.251 e. The Morgan fingerprint density at radius 1 is 0.567 bits per heavy atom. The molecule has 4 nitrogen and oxygen atoms in total. The van der Waals surface area contributed by atoms with E-state index in [1.54, 1.807) is 36.4 Å². The number of halogens is 4. The molecule has 0 spiro atoms. The molecule has 0 radical (unpaired) electrons. The van der Waals surface area contributed by atoms with Crippen molar-refractivity contribution in [2.24, 2.45) is 0 Å². The second-order valence-corrected chi connectivity index (χ2v) is 8.52. The van der Waals surface area contributed by atoms with E-state index < -0.39 is 0 Å². The lowest BCUT2D eigenvalue weighted by molar-refractivity contribution is 0.0944. The van der Waals surface area contributed by atoms with E-state index in [4.69, 9.17) is 46.4 Å². The van der Waals surface area contributed by atoms with Gasteiger partial charge in [0.25, 0.3) is 11.8 Å². The van der Waals surface area contributed by atoms with Gasteiger partial charge in [-0.25, -0.2) is 0 Å². The largest absolute Gasteiger partial charge is 0.352 e. The van der Waals surface area contributed by atoms with Crippen molar-refractivity contribution in [1.82, 2.24) is 10.6 Å². The summed E-state index contributed by atoms with van der Waals surface area (Å²) in [5.74, 6) is -0.294. The third-order valence-corrected chi connectivity index (χ3v) is 6.02. The predicted octanol–water partition coefficient (Wildman–Crippen LogP) is 6.80. The van der Waals surface area contributed by atoms with Gasteiger partial charge in [-0.15, -0.1) is 0 Å². The summed E-state index contributed by atoms with van der Waals surface area (Å²) in [6.07, 6.45) is 6.09. The first-order valence-corrected chi connectivity index (χ1v) is 11.4. The van der Waals surface area contributed by atoms with Crippen LogP contribution in [0.25, 0.3) is 0 Å². The molecule has 0 saturated carbocycles. The van der Waals surface area contributed by atoms with Crippen LogP contribution in [0, 0.1) is 0 Å². The minimum absolute atomic E-state index is 0.147. The zero-order valence-electron chi connectivity index (χ0n) is 16.4. The summed E-state index contributed by atoms with van der Waals surface area (Å²) in [6.45, 7) is 1.25. The van der Waals surface area contributed by atoms with Crippen molar-refractivity contribution in [2.45, 2.75) is 38.5 Å². The van der Waals surface area contributed by atoms with Crippen LogP contribution in [-0.2, 0) is 0 Å². The van der Waals surface area contributed by atoms with E-state index in [1.807, 2.05) is 0 Å². The van der Waals surface area contributed by atoms with Crippen molar-refractivity contribution in [2.75, 3.05) is 13.1 Å². The van der Waals surface area contributed by atoms with Crippen molar-refractivity contribution in [3.63, 3.8) is 0 Å². The lowest BCUT2D eigenvalue weighted by atomic mass is 10.1. The molecule has 0 heterocycles. The molecule has 0 aliphatic heterocycles. The zero-order valence-corrected chi connectivity index (χ0v) is 19.5. The van der Waals surface area contributed by atoms with Gasteiger partial charge >= 0.3 is 0 Å². The summed E-state index contributed by atoms with van der Waals surface area (Å²) >= 11 is 23.6. The molecular weight excluding hydrogens is 466 g/mol. The molecule has 162 valence electrons. The van der Waals surface area contributed by atoms with Crippen LogP contribution < -0.4 is 10.6 Å². The van der Waals surface area contributed by atoms with Crippen molar-refractivity contribution >= 4 is 58.2 Å². The molecule has 2 amide bonds. The van der Waals surface area contributed by atoms with E-state index in [0.717, 1.165) is 38.5 Å². The second kappa shape index (κ2) is 13.1. The van der Waals surface area contributed by atoms with Gasteiger partial charge < -0.3 is 10.6 Å². The summed E-state index contributed by atoms with van der Waals surface area (Å²) < 4.78 is 0. The third-order valence-electron chi connectivity index (χ3n) is 4.54. The molecule has 0 aliphatic carbocycles. The van der Waals surface area contributed by atoms with Gasteiger partial charge in [-0.3, -0.25) is 9.59 Å². The van der Waals surface area contributed by atoms with Gasteiger partial charge in [0.1, 0.15) is 0 Å². The maximum absolute atomic E-state index is 12.0. The first kappa shape index (κ1) is 24.8. The Labute approximate surface area is 197 Å². The molecule has 0 fully saturated rings. The fourth-order valence-electron chi connectivity index (χ4n) is 2.84. The van der Waals surface area contributed by atoms with Gasteiger partial charge in [0, 0.05) is 24.2 Å². The Bertz CT molecular complexity index is 803. The molecule has 30 heavy (non-hydrogen) atoms. The molecule has 2 aromatic rings. The van der Waals surface area contributed by atoms with Gasteiger partial charge in [-0.2, -0.15) is 0 Å². The van der Waals surface area contributed by atoms with Gasteiger partial charge in [-0.05, 0) is 49.2 Å². The number of unbranched alkanes of at least 4 members (excludes halogenated alkanes) is 5. The van der Waals surface area contributed by atoms with Crippen LogP contribution in [0.3, 0.4) is 0 Å². The summed E-state index contributed by atoms with van der Waals surface area (Å²) in [7, 11) is 0. The SMILES string of the molecule is O=C(NCCCCCCCCNC(=O)c1ccc(Cl)c(Cl)c1)c1ccc(Cl)c(Cl)c1. The molecule has 2 rings (SSSR count). The van der Waals surface area contributed by atoms with Crippen LogP contribution in [0.15, 0.2) is 36.4 Å². The van der Waals surface area contributed by atoms with Gasteiger partial charge in [0.05, 0.1) is 20.1 Å². The monoisotopic (exact) mass is 488 g/mol. The summed E-state index contributed by atoms with van der Waals surface area (Å²) in [5, 5.41) is 7.38. The fourth-order valence-corrected chi connectivity index (χ4v) is 3.44. The molecule has 0 aliphatic rings. The topological polar surface area (TPSA) is 58.2 Å². The van der Waals surface area contributed by atoms with E-state index in [1.165, 1.54) is 0 Å². The highest BCUT2D eigenvalue weighted by Crippen LogP contribution is 2.23. The number of carbonyl (C=O) groups is 2. The van der Waals surface area contributed by atoms with E-state index in [-0.39, 0.29) is 11.8 Å². The van der Waals surface area contributed by atoms with Crippen LogP contribution in [-0.4, -0.2) is 24.9 Å². The molecule has 0 aromatic heterocycles. The molecule has 2 N–H and O–H groups in total. The first-order valence-electron chi connectivity index (χ1n) is 9.85. The minimum Gasteiger partial charge on any atom is -0.352 e. The van der Waals surface area contributed by atoms with Crippen molar-refractivity contribution in [1.29, 1.82) is 0 Å². The number of carbonyl (C=O) groups excluding carboxylic acids is 2. The first-order chi connectivity index (χ1) is 14.4. The molecule has 0 unspecified atom stereocenters. The van der Waals surface area contributed by atoms with E-state index in [9.17, 15) is 9.59 Å². The standard InChI is InChI=1S/C22H24Cl4N2O2/c23-17-9-7-15(13-19(17)25)21(29)27-11-5-3-1-2-4-6-12-28-22(30)16-8-10-18(24)20(26)14-16/h7-10,13-14H,1-6,11-12H2,(H,27,29)(H,28,30).